The topological polar surface area (TPSA) is 101 Å². The summed E-state index contributed by atoms with van der Waals surface area (Å²) in [6.07, 6.45) is 3.30. The van der Waals surface area contributed by atoms with Gasteiger partial charge < -0.3 is 14.9 Å². The first-order chi connectivity index (χ1) is 12.9. The summed E-state index contributed by atoms with van der Waals surface area (Å²) < 4.78 is 9.23. The normalized spacial score (nSPS) is 18.3. The smallest absolute Gasteiger partial charge is 0.415 e. The lowest BCUT2D eigenvalue weighted by Gasteiger charge is -2.21. The lowest BCUT2D eigenvalue weighted by atomic mass is 10.1. The van der Waals surface area contributed by atoms with Gasteiger partial charge in [-0.05, 0) is 30.9 Å². The van der Waals surface area contributed by atoms with Crippen molar-refractivity contribution in [3.8, 4) is 6.01 Å². The van der Waals surface area contributed by atoms with Gasteiger partial charge in [-0.1, -0.05) is 22.9 Å². The Bertz CT molecular complexity index is 957. The summed E-state index contributed by atoms with van der Waals surface area (Å²) >= 11 is 1.71. The van der Waals surface area contributed by atoms with Crippen LogP contribution in [0.3, 0.4) is 0 Å². The van der Waals surface area contributed by atoms with Gasteiger partial charge in [-0.3, -0.25) is 4.57 Å². The molecule has 0 saturated heterocycles. The molecule has 0 bridgehead atoms. The van der Waals surface area contributed by atoms with Gasteiger partial charge in [0.15, 0.2) is 0 Å². The molecule has 0 amide bonds. The summed E-state index contributed by atoms with van der Waals surface area (Å²) in [5, 5.41) is 19.2. The predicted octanol–water partition coefficient (Wildman–Crippen LogP) is 2.83. The zero-order valence-electron chi connectivity index (χ0n) is 14.9. The molecule has 1 aromatic carbocycles. The third-order valence-corrected chi connectivity index (χ3v) is 5.29. The molecule has 0 radical (unpaired) electrons. The molecule has 1 aliphatic heterocycles. The summed E-state index contributed by atoms with van der Waals surface area (Å²) in [5.74, 6) is 0.525. The van der Waals surface area contributed by atoms with E-state index in [4.69, 9.17) is 4.74 Å². The molecule has 9 nitrogen and oxygen atoms in total. The molecule has 1 aliphatic rings. The zero-order valence-corrected chi connectivity index (χ0v) is 15.7. The number of hydrogen-bond acceptors (Lipinski definition) is 7. The van der Waals surface area contributed by atoms with Gasteiger partial charge in [0.25, 0.3) is 0 Å². The van der Waals surface area contributed by atoms with Crippen LogP contribution in [0.2, 0.25) is 0 Å². The van der Waals surface area contributed by atoms with E-state index in [2.05, 4.69) is 46.5 Å². The maximum atomic E-state index is 10.8. The van der Waals surface area contributed by atoms with Gasteiger partial charge in [-0.15, -0.1) is 16.9 Å². The lowest BCUT2D eigenvalue weighted by Crippen LogP contribution is -2.36. The Balaban J connectivity index is 1.37. The van der Waals surface area contributed by atoms with Crippen LogP contribution in [0.5, 0.6) is 6.01 Å². The standard InChI is InChI=1S/C17H18N6O3S/c1-12-3-5-14(6-4-12)27-9-13-7-22(20-19-13)11-17(2)10-21-8-15(23(24)25)18-16(21)26-17/h3-8H,9-11H2,1-2H3. The monoisotopic (exact) mass is 386 g/mol. The van der Waals surface area contributed by atoms with Crippen LogP contribution in [0, 0.1) is 17.0 Å². The van der Waals surface area contributed by atoms with Gasteiger partial charge in [0.1, 0.15) is 11.8 Å². The Morgan fingerprint density at radius 2 is 2.11 bits per heavy atom. The fourth-order valence-corrected chi connectivity index (χ4v) is 3.76. The molecule has 1 atom stereocenters. The van der Waals surface area contributed by atoms with E-state index in [1.807, 2.05) is 13.1 Å². The van der Waals surface area contributed by atoms with E-state index in [9.17, 15) is 10.1 Å². The average molecular weight is 386 g/mol. The molecule has 2 aromatic heterocycles. The van der Waals surface area contributed by atoms with Crippen LogP contribution in [0.1, 0.15) is 18.2 Å². The highest BCUT2D eigenvalue weighted by Crippen LogP contribution is 2.32. The fraction of sp³-hybridized carbons (Fsp3) is 0.353. The Hall–Kier alpha value is -2.88. The lowest BCUT2D eigenvalue weighted by molar-refractivity contribution is -0.389. The van der Waals surface area contributed by atoms with Crippen LogP contribution >= 0.6 is 11.8 Å². The number of thioether (sulfide) groups is 1. The summed E-state index contributed by atoms with van der Waals surface area (Å²) in [5.41, 5.74) is 1.54. The summed E-state index contributed by atoms with van der Waals surface area (Å²) in [7, 11) is 0. The molecule has 0 aliphatic carbocycles. The quantitative estimate of drug-likeness (QED) is 0.365. The summed E-state index contributed by atoms with van der Waals surface area (Å²) in [4.78, 5) is 15.3. The number of ether oxygens (including phenoxy) is 1. The van der Waals surface area contributed by atoms with Crippen molar-refractivity contribution in [3.05, 3.63) is 58.0 Å². The molecule has 3 aromatic rings. The van der Waals surface area contributed by atoms with Crippen molar-refractivity contribution < 1.29 is 9.66 Å². The van der Waals surface area contributed by atoms with Crippen molar-refractivity contribution in [1.82, 2.24) is 24.5 Å². The number of fused-ring (bicyclic) bond motifs is 1. The number of nitro groups is 1. The highest BCUT2D eigenvalue weighted by atomic mass is 32.2. The molecule has 0 spiro atoms. The van der Waals surface area contributed by atoms with Crippen LogP contribution in [0.25, 0.3) is 0 Å². The summed E-state index contributed by atoms with van der Waals surface area (Å²) in [6, 6.07) is 8.63. The van der Waals surface area contributed by atoms with Crippen molar-refractivity contribution in [3.63, 3.8) is 0 Å². The van der Waals surface area contributed by atoms with Gasteiger partial charge in [-0.2, -0.15) is 0 Å². The molecular formula is C17H18N6O3S. The van der Waals surface area contributed by atoms with E-state index < -0.39 is 10.5 Å². The number of nitrogens with zero attached hydrogens (tertiary/aromatic N) is 6. The Kier molecular flexibility index (Phi) is 4.34. The maximum Gasteiger partial charge on any atom is 0.415 e. The first-order valence-electron chi connectivity index (χ1n) is 8.39. The predicted molar refractivity (Wildman–Crippen MR) is 98.7 cm³/mol. The Morgan fingerprint density at radius 3 is 2.81 bits per heavy atom. The zero-order chi connectivity index (χ0) is 19.0. The van der Waals surface area contributed by atoms with E-state index in [0.29, 0.717) is 13.1 Å². The van der Waals surface area contributed by atoms with Crippen molar-refractivity contribution >= 4 is 17.6 Å². The third kappa shape index (κ3) is 3.80. The van der Waals surface area contributed by atoms with Gasteiger partial charge in [0.2, 0.25) is 0 Å². The SMILES string of the molecule is Cc1ccc(SCc2cn(CC3(C)Cn4cc([N+](=O)[O-])nc4O3)nn2)cc1. The van der Waals surface area contributed by atoms with Gasteiger partial charge >= 0.3 is 11.8 Å². The highest BCUT2D eigenvalue weighted by Gasteiger charge is 2.40. The number of aromatic nitrogens is 5. The second-order valence-electron chi connectivity index (χ2n) is 6.83. The third-order valence-electron chi connectivity index (χ3n) is 4.25. The minimum Gasteiger partial charge on any atom is -0.436 e. The van der Waals surface area contributed by atoms with Crippen LogP contribution in [0.15, 0.2) is 41.6 Å². The number of hydrogen-bond donors (Lipinski definition) is 0. The van der Waals surface area contributed by atoms with E-state index in [-0.39, 0.29) is 11.8 Å². The van der Waals surface area contributed by atoms with E-state index in [1.165, 1.54) is 16.7 Å². The molecular weight excluding hydrogens is 368 g/mol. The molecule has 0 N–H and O–H groups in total. The second-order valence-corrected chi connectivity index (χ2v) is 7.88. The van der Waals surface area contributed by atoms with Crippen LogP contribution in [-0.2, 0) is 18.8 Å². The number of rotatable bonds is 6. The van der Waals surface area contributed by atoms with Crippen LogP contribution in [-0.4, -0.2) is 35.1 Å². The molecule has 0 saturated carbocycles. The molecule has 1 unspecified atom stereocenters. The summed E-state index contributed by atoms with van der Waals surface area (Å²) in [6.45, 7) is 4.94. The van der Waals surface area contributed by atoms with E-state index >= 15 is 0 Å². The van der Waals surface area contributed by atoms with Crippen molar-refractivity contribution in [1.29, 1.82) is 0 Å². The van der Waals surface area contributed by atoms with E-state index in [1.54, 1.807) is 21.0 Å². The largest absolute Gasteiger partial charge is 0.436 e. The molecule has 140 valence electrons. The first kappa shape index (κ1) is 17.5. The fourth-order valence-electron chi connectivity index (χ4n) is 2.98. The molecule has 10 heteroatoms. The minimum absolute atomic E-state index is 0.205. The molecule has 4 rings (SSSR count). The van der Waals surface area contributed by atoms with Gasteiger partial charge in [0.05, 0.1) is 18.8 Å². The molecule has 27 heavy (non-hydrogen) atoms. The van der Waals surface area contributed by atoms with Crippen molar-refractivity contribution in [2.75, 3.05) is 0 Å². The number of imidazole rings is 1. The highest BCUT2D eigenvalue weighted by molar-refractivity contribution is 7.98. The molecule has 3 heterocycles. The minimum atomic E-state index is -0.577. The second kappa shape index (κ2) is 6.69. The van der Waals surface area contributed by atoms with Crippen molar-refractivity contribution in [2.45, 2.75) is 43.2 Å². The van der Waals surface area contributed by atoms with Gasteiger partial charge in [-0.25, -0.2) is 4.68 Å². The van der Waals surface area contributed by atoms with Crippen molar-refractivity contribution in [2.24, 2.45) is 0 Å². The van der Waals surface area contributed by atoms with Gasteiger partial charge in [0, 0.05) is 21.8 Å². The van der Waals surface area contributed by atoms with Crippen LogP contribution < -0.4 is 4.74 Å². The maximum absolute atomic E-state index is 10.8. The average Bonchev–Trinajstić information content (AvgIpc) is 3.28. The Labute approximate surface area is 159 Å². The Morgan fingerprint density at radius 1 is 1.33 bits per heavy atom. The van der Waals surface area contributed by atoms with Crippen LogP contribution in [0.4, 0.5) is 5.82 Å². The number of benzene rings is 1. The molecule has 0 fully saturated rings. The first-order valence-corrected chi connectivity index (χ1v) is 9.38. The number of aryl methyl sites for hydroxylation is 1. The van der Waals surface area contributed by atoms with E-state index in [0.717, 1.165) is 11.4 Å².